The lowest BCUT2D eigenvalue weighted by atomic mass is 10.1. The molecule has 1 aliphatic rings. The summed E-state index contributed by atoms with van der Waals surface area (Å²) in [6.07, 6.45) is 0. The van der Waals surface area contributed by atoms with E-state index in [1.807, 2.05) is 32.3 Å². The predicted molar refractivity (Wildman–Crippen MR) is 90.1 cm³/mol. The van der Waals surface area contributed by atoms with Crippen molar-refractivity contribution in [2.45, 2.75) is 6.54 Å². The number of hydrogen-bond donors (Lipinski definition) is 1. The molecule has 5 nitrogen and oxygen atoms in total. The summed E-state index contributed by atoms with van der Waals surface area (Å²) in [4.78, 5) is 19.0. The summed E-state index contributed by atoms with van der Waals surface area (Å²) in [6, 6.07) is 8.05. The number of likely N-dealkylation sites (N-methyl/N-ethyl adjacent to an activating group) is 3. The number of benzene rings is 1. The van der Waals surface area contributed by atoms with Crippen molar-refractivity contribution < 1.29 is 4.79 Å². The quantitative estimate of drug-likeness (QED) is 0.841. The van der Waals surface area contributed by atoms with E-state index in [1.165, 1.54) is 5.56 Å². The van der Waals surface area contributed by atoms with Crippen LogP contribution < -0.4 is 5.32 Å². The Labute approximate surface area is 133 Å². The molecule has 22 heavy (non-hydrogen) atoms. The molecule has 2 rings (SSSR count). The summed E-state index contributed by atoms with van der Waals surface area (Å²) in [5, 5.41) is 3.07. The largest absolute Gasteiger partial charge is 0.340 e. The van der Waals surface area contributed by atoms with Gasteiger partial charge in [-0.05, 0) is 31.8 Å². The molecule has 1 N–H and O–H groups in total. The van der Waals surface area contributed by atoms with Gasteiger partial charge >= 0.3 is 0 Å². The van der Waals surface area contributed by atoms with E-state index in [1.54, 1.807) is 4.90 Å². The highest BCUT2D eigenvalue weighted by Gasteiger charge is 2.15. The summed E-state index contributed by atoms with van der Waals surface area (Å²) >= 11 is 0. The molecule has 0 spiro atoms. The van der Waals surface area contributed by atoms with Gasteiger partial charge in [0.25, 0.3) is 5.91 Å². The molecule has 1 heterocycles. The average Bonchev–Trinajstić information content (AvgIpc) is 2.54. The molecule has 1 aromatic carbocycles. The Bertz CT molecular complexity index is 483. The number of carbonyl (C=O) groups is 1. The summed E-state index contributed by atoms with van der Waals surface area (Å²) in [7, 11) is 5.92. The first-order chi connectivity index (χ1) is 10.6. The van der Waals surface area contributed by atoms with Crippen LogP contribution >= 0.6 is 0 Å². The van der Waals surface area contributed by atoms with E-state index in [0.29, 0.717) is 0 Å². The second kappa shape index (κ2) is 8.27. The first-order valence-corrected chi connectivity index (χ1v) is 8.00. The van der Waals surface area contributed by atoms with Crippen LogP contribution in [-0.4, -0.2) is 81.0 Å². The predicted octanol–water partition coefficient (Wildman–Crippen LogP) is 0.725. The lowest BCUT2D eigenvalue weighted by Crippen LogP contribution is -2.43. The van der Waals surface area contributed by atoms with Crippen LogP contribution in [0.15, 0.2) is 24.3 Å². The Morgan fingerprint density at radius 1 is 1.27 bits per heavy atom. The normalized spacial score (nSPS) is 16.7. The third kappa shape index (κ3) is 4.80. The fraction of sp³-hybridized carbons (Fsp3) is 0.588. The van der Waals surface area contributed by atoms with Crippen molar-refractivity contribution in [3.05, 3.63) is 35.4 Å². The maximum atomic E-state index is 12.4. The number of nitrogens with one attached hydrogen (secondary N) is 1. The van der Waals surface area contributed by atoms with Gasteiger partial charge < -0.3 is 15.1 Å². The number of piperazine rings is 1. The molecule has 1 amide bonds. The van der Waals surface area contributed by atoms with Gasteiger partial charge in [-0.2, -0.15) is 0 Å². The van der Waals surface area contributed by atoms with Crippen molar-refractivity contribution in [1.29, 1.82) is 0 Å². The Balaban J connectivity index is 1.96. The lowest BCUT2D eigenvalue weighted by Gasteiger charge is -2.32. The topological polar surface area (TPSA) is 38.8 Å². The van der Waals surface area contributed by atoms with Crippen LogP contribution in [0.1, 0.15) is 15.9 Å². The lowest BCUT2D eigenvalue weighted by molar-refractivity contribution is 0.0796. The van der Waals surface area contributed by atoms with Crippen molar-refractivity contribution in [1.82, 2.24) is 20.0 Å². The fourth-order valence-electron chi connectivity index (χ4n) is 2.67. The van der Waals surface area contributed by atoms with Crippen LogP contribution in [-0.2, 0) is 6.54 Å². The summed E-state index contributed by atoms with van der Waals surface area (Å²) in [5.74, 6) is 0.0930. The van der Waals surface area contributed by atoms with Crippen LogP contribution in [0.2, 0.25) is 0 Å². The first kappa shape index (κ1) is 16.9. The molecule has 0 unspecified atom stereocenters. The van der Waals surface area contributed by atoms with E-state index in [0.717, 1.165) is 51.4 Å². The van der Waals surface area contributed by atoms with Crippen LogP contribution in [0.5, 0.6) is 0 Å². The molecule has 0 saturated carbocycles. The van der Waals surface area contributed by atoms with Gasteiger partial charge in [-0.3, -0.25) is 9.69 Å². The van der Waals surface area contributed by atoms with Crippen molar-refractivity contribution in [3.8, 4) is 0 Å². The molecule has 0 atom stereocenters. The first-order valence-electron chi connectivity index (χ1n) is 8.00. The molecule has 0 aliphatic carbocycles. The summed E-state index contributed by atoms with van der Waals surface area (Å²) < 4.78 is 0. The van der Waals surface area contributed by atoms with E-state index in [9.17, 15) is 4.79 Å². The number of amides is 1. The van der Waals surface area contributed by atoms with Crippen molar-refractivity contribution in [3.63, 3.8) is 0 Å². The van der Waals surface area contributed by atoms with Gasteiger partial charge in [0.1, 0.15) is 0 Å². The highest BCUT2D eigenvalue weighted by atomic mass is 16.2. The Morgan fingerprint density at radius 3 is 2.68 bits per heavy atom. The second-order valence-electron chi connectivity index (χ2n) is 6.11. The monoisotopic (exact) mass is 304 g/mol. The highest BCUT2D eigenvalue weighted by Crippen LogP contribution is 2.12. The molecule has 5 heteroatoms. The van der Waals surface area contributed by atoms with Gasteiger partial charge in [0, 0.05) is 58.4 Å². The number of hydrogen-bond acceptors (Lipinski definition) is 4. The smallest absolute Gasteiger partial charge is 0.253 e. The Hall–Kier alpha value is -1.43. The average molecular weight is 304 g/mol. The minimum absolute atomic E-state index is 0.0930. The van der Waals surface area contributed by atoms with E-state index < -0.39 is 0 Å². The van der Waals surface area contributed by atoms with E-state index in [-0.39, 0.29) is 5.91 Å². The number of carbonyl (C=O) groups excluding carboxylic acids is 1. The number of rotatable bonds is 6. The molecular formula is C17H28N4O. The van der Waals surface area contributed by atoms with Gasteiger partial charge in [-0.1, -0.05) is 12.1 Å². The van der Waals surface area contributed by atoms with Crippen molar-refractivity contribution in [2.75, 3.05) is 60.4 Å². The van der Waals surface area contributed by atoms with Gasteiger partial charge in [-0.25, -0.2) is 0 Å². The van der Waals surface area contributed by atoms with E-state index >= 15 is 0 Å². The summed E-state index contributed by atoms with van der Waals surface area (Å²) in [6.45, 7) is 6.88. The third-order valence-electron chi connectivity index (χ3n) is 4.22. The minimum atomic E-state index is 0.0930. The minimum Gasteiger partial charge on any atom is -0.340 e. The van der Waals surface area contributed by atoms with Crippen molar-refractivity contribution in [2.24, 2.45) is 0 Å². The standard InChI is InChI=1S/C17H28N4O/c1-18-7-8-20(3)17(22)16-6-4-5-15(13-16)14-21-11-9-19(2)10-12-21/h4-6,13,18H,7-12,14H2,1-3H3. The van der Waals surface area contributed by atoms with E-state index in [2.05, 4.69) is 28.2 Å². The second-order valence-corrected chi connectivity index (χ2v) is 6.11. The molecule has 1 aromatic rings. The molecule has 1 aliphatic heterocycles. The van der Waals surface area contributed by atoms with Crippen LogP contribution in [0.4, 0.5) is 0 Å². The van der Waals surface area contributed by atoms with Crippen LogP contribution in [0, 0.1) is 0 Å². The zero-order valence-electron chi connectivity index (χ0n) is 14.0. The van der Waals surface area contributed by atoms with Crippen LogP contribution in [0.3, 0.4) is 0 Å². The molecule has 1 fully saturated rings. The zero-order valence-corrected chi connectivity index (χ0v) is 14.0. The van der Waals surface area contributed by atoms with Crippen LogP contribution in [0.25, 0.3) is 0 Å². The third-order valence-corrected chi connectivity index (χ3v) is 4.22. The van der Waals surface area contributed by atoms with E-state index in [4.69, 9.17) is 0 Å². The Kier molecular flexibility index (Phi) is 6.36. The molecule has 0 bridgehead atoms. The number of nitrogens with zero attached hydrogens (tertiary/aromatic N) is 3. The Morgan fingerprint density at radius 2 is 2.00 bits per heavy atom. The molecular weight excluding hydrogens is 276 g/mol. The maximum Gasteiger partial charge on any atom is 0.253 e. The molecule has 1 saturated heterocycles. The molecule has 0 aromatic heterocycles. The SMILES string of the molecule is CNCCN(C)C(=O)c1cccc(CN2CCN(C)CC2)c1. The van der Waals surface area contributed by atoms with Gasteiger partial charge in [0.15, 0.2) is 0 Å². The molecule has 0 radical (unpaired) electrons. The maximum absolute atomic E-state index is 12.4. The highest BCUT2D eigenvalue weighted by molar-refractivity contribution is 5.94. The van der Waals surface area contributed by atoms with Crippen molar-refractivity contribution >= 4 is 5.91 Å². The van der Waals surface area contributed by atoms with Gasteiger partial charge in [0.05, 0.1) is 0 Å². The van der Waals surface area contributed by atoms with Gasteiger partial charge in [-0.15, -0.1) is 0 Å². The molecule has 122 valence electrons. The fourth-order valence-corrected chi connectivity index (χ4v) is 2.67. The zero-order chi connectivity index (χ0) is 15.9. The summed E-state index contributed by atoms with van der Waals surface area (Å²) in [5.41, 5.74) is 2.00. The van der Waals surface area contributed by atoms with Gasteiger partial charge in [0.2, 0.25) is 0 Å².